The van der Waals surface area contributed by atoms with Crippen LogP contribution in [0.2, 0.25) is 0 Å². The lowest BCUT2D eigenvalue weighted by atomic mass is 9.52. The van der Waals surface area contributed by atoms with Gasteiger partial charge in [0.25, 0.3) is 0 Å². The van der Waals surface area contributed by atoms with Crippen LogP contribution in [-0.4, -0.2) is 55.3 Å². The summed E-state index contributed by atoms with van der Waals surface area (Å²) in [5.41, 5.74) is 2.45. The molecule has 4 atom stereocenters. The Morgan fingerprint density at radius 3 is 2.96 bits per heavy atom. The number of para-hydroxylation sites is 1. The average molecular weight is 356 g/mol. The molecule has 0 bridgehead atoms. The van der Waals surface area contributed by atoms with Crippen molar-refractivity contribution in [2.75, 3.05) is 31.7 Å². The third kappa shape index (κ3) is 1.81. The van der Waals surface area contributed by atoms with E-state index >= 15 is 0 Å². The van der Waals surface area contributed by atoms with Crippen LogP contribution in [-0.2, 0) is 10.2 Å². The lowest BCUT2D eigenvalue weighted by Crippen LogP contribution is -2.64. The van der Waals surface area contributed by atoms with E-state index in [1.54, 1.807) is 7.11 Å². The number of benzene rings is 1. The number of aliphatic hydroxyl groups excluding tert-OH is 1. The summed E-state index contributed by atoms with van der Waals surface area (Å²) in [5.74, 6) is 0.806. The van der Waals surface area contributed by atoms with E-state index in [2.05, 4.69) is 17.0 Å². The molecular weight excluding hydrogens is 328 g/mol. The summed E-state index contributed by atoms with van der Waals surface area (Å²) in [7, 11) is 1.69. The zero-order valence-electron chi connectivity index (χ0n) is 15.5. The second-order valence-electron chi connectivity index (χ2n) is 8.59. The van der Waals surface area contributed by atoms with Crippen LogP contribution in [0.1, 0.15) is 44.1 Å². The molecule has 5 heteroatoms. The largest absolute Gasteiger partial charge is 0.495 e. The van der Waals surface area contributed by atoms with Crippen LogP contribution in [0.5, 0.6) is 5.75 Å². The lowest BCUT2D eigenvalue weighted by Gasteiger charge is -2.58. The zero-order valence-corrected chi connectivity index (χ0v) is 15.5. The number of hydrogen-bond acceptors (Lipinski definition) is 4. The summed E-state index contributed by atoms with van der Waals surface area (Å²) in [6.45, 7) is 2.50. The molecular formula is C21H28N2O3. The monoisotopic (exact) mass is 356 g/mol. The Labute approximate surface area is 154 Å². The first-order valence-electron chi connectivity index (χ1n) is 9.98. The maximum atomic E-state index is 12.1. The van der Waals surface area contributed by atoms with Gasteiger partial charge >= 0.3 is 0 Å². The van der Waals surface area contributed by atoms with Gasteiger partial charge in [-0.25, -0.2) is 0 Å². The van der Waals surface area contributed by atoms with Gasteiger partial charge in [0, 0.05) is 24.1 Å². The van der Waals surface area contributed by atoms with Crippen LogP contribution in [0.25, 0.3) is 0 Å². The number of anilines is 1. The molecule has 3 fully saturated rings. The van der Waals surface area contributed by atoms with Crippen LogP contribution < -0.4 is 9.64 Å². The van der Waals surface area contributed by atoms with Crippen LogP contribution in [0, 0.1) is 5.41 Å². The minimum atomic E-state index is -0.0153. The summed E-state index contributed by atoms with van der Waals surface area (Å²) < 4.78 is 5.65. The number of piperidine rings is 1. The maximum Gasteiger partial charge on any atom is 0.214 e. The third-order valence-electron chi connectivity index (χ3n) is 7.91. The van der Waals surface area contributed by atoms with Crippen molar-refractivity contribution in [1.82, 2.24) is 4.90 Å². The Morgan fingerprint density at radius 1 is 1.31 bits per heavy atom. The Kier molecular flexibility index (Phi) is 3.63. The first kappa shape index (κ1) is 16.6. The van der Waals surface area contributed by atoms with E-state index in [4.69, 9.17) is 4.74 Å². The standard InChI is InChI=1S/C21H28N2O3/c1-26-16-5-2-4-15-18(16)23(14-25)17-6-8-20(10-13-24)7-3-11-22-12-9-21(15,17)19(20)22/h2,4-5,14,17,19,24H,3,6-13H2,1H3/t17-,19+,20+,21-/m1/s1. The number of methoxy groups -OCH3 is 1. The van der Waals surface area contributed by atoms with E-state index in [-0.39, 0.29) is 23.5 Å². The van der Waals surface area contributed by atoms with Gasteiger partial charge < -0.3 is 14.7 Å². The van der Waals surface area contributed by atoms with Crippen molar-refractivity contribution in [3.8, 4) is 5.75 Å². The quantitative estimate of drug-likeness (QED) is 0.841. The van der Waals surface area contributed by atoms with Gasteiger partial charge in [0.1, 0.15) is 5.75 Å². The number of carbonyl (C=O) groups is 1. The fourth-order valence-electron chi connectivity index (χ4n) is 7.23. The molecule has 1 aromatic carbocycles. The van der Waals surface area contributed by atoms with Gasteiger partial charge in [0.05, 0.1) is 12.8 Å². The minimum Gasteiger partial charge on any atom is -0.495 e. The van der Waals surface area contributed by atoms with Crippen LogP contribution in [0.15, 0.2) is 18.2 Å². The van der Waals surface area contributed by atoms with E-state index in [0.717, 1.165) is 56.6 Å². The van der Waals surface area contributed by atoms with E-state index in [9.17, 15) is 9.90 Å². The highest BCUT2D eigenvalue weighted by atomic mass is 16.5. The molecule has 1 spiro atoms. The first-order valence-corrected chi connectivity index (χ1v) is 9.98. The Balaban J connectivity index is 1.74. The van der Waals surface area contributed by atoms with Crippen molar-refractivity contribution < 1.29 is 14.6 Å². The van der Waals surface area contributed by atoms with Crippen molar-refractivity contribution >= 4 is 12.1 Å². The number of aliphatic hydroxyl groups is 1. The van der Waals surface area contributed by atoms with Crippen molar-refractivity contribution in [1.29, 1.82) is 0 Å². The molecule has 0 radical (unpaired) electrons. The molecule has 0 unspecified atom stereocenters. The van der Waals surface area contributed by atoms with Gasteiger partial charge in [-0.15, -0.1) is 0 Å². The second kappa shape index (κ2) is 5.70. The predicted octanol–water partition coefficient (Wildman–Crippen LogP) is 2.31. The highest BCUT2D eigenvalue weighted by Crippen LogP contribution is 2.66. The molecule has 3 heterocycles. The minimum absolute atomic E-state index is 0.0153. The molecule has 1 aliphatic carbocycles. The van der Waals surface area contributed by atoms with Crippen molar-refractivity contribution in [2.24, 2.45) is 5.41 Å². The second-order valence-corrected chi connectivity index (χ2v) is 8.59. The van der Waals surface area contributed by atoms with Crippen molar-refractivity contribution in [3.63, 3.8) is 0 Å². The number of ether oxygens (including phenoxy) is 1. The Morgan fingerprint density at radius 2 is 2.19 bits per heavy atom. The van der Waals surface area contributed by atoms with Crippen LogP contribution in [0.4, 0.5) is 5.69 Å². The number of hydrogen-bond donors (Lipinski definition) is 1. The summed E-state index contributed by atoms with van der Waals surface area (Å²) in [6.07, 6.45) is 7.53. The van der Waals surface area contributed by atoms with Gasteiger partial charge in [0.15, 0.2) is 0 Å². The molecule has 5 nitrogen and oxygen atoms in total. The first-order chi connectivity index (χ1) is 12.7. The highest BCUT2D eigenvalue weighted by Gasteiger charge is 2.68. The van der Waals surface area contributed by atoms with Gasteiger partial charge in [0.2, 0.25) is 6.41 Å². The Hall–Kier alpha value is -1.59. The van der Waals surface area contributed by atoms with Crippen LogP contribution >= 0.6 is 0 Å². The molecule has 1 amide bonds. The molecule has 3 aliphatic heterocycles. The topological polar surface area (TPSA) is 53.0 Å². The fraction of sp³-hybridized carbons (Fsp3) is 0.667. The van der Waals surface area contributed by atoms with E-state index in [1.165, 1.54) is 18.4 Å². The van der Waals surface area contributed by atoms with E-state index in [0.29, 0.717) is 6.04 Å². The summed E-state index contributed by atoms with van der Waals surface area (Å²) in [5, 5.41) is 9.85. The summed E-state index contributed by atoms with van der Waals surface area (Å²) in [4.78, 5) is 16.8. The van der Waals surface area contributed by atoms with Crippen LogP contribution in [0.3, 0.4) is 0 Å². The summed E-state index contributed by atoms with van der Waals surface area (Å²) >= 11 is 0. The zero-order chi connectivity index (χ0) is 17.9. The smallest absolute Gasteiger partial charge is 0.214 e. The van der Waals surface area contributed by atoms with Gasteiger partial charge in [-0.05, 0) is 68.7 Å². The highest BCUT2D eigenvalue weighted by molar-refractivity contribution is 5.87. The number of fused-ring (bicyclic) bond motifs is 1. The summed E-state index contributed by atoms with van der Waals surface area (Å²) in [6, 6.07) is 6.90. The van der Waals surface area contributed by atoms with Gasteiger partial charge in [-0.1, -0.05) is 12.1 Å². The number of rotatable bonds is 4. The van der Waals surface area contributed by atoms with Gasteiger partial charge in [-0.2, -0.15) is 0 Å². The Bertz CT molecular complexity index is 734. The van der Waals surface area contributed by atoms with E-state index < -0.39 is 0 Å². The molecule has 4 aliphatic rings. The molecule has 1 N–H and O–H groups in total. The molecule has 0 aromatic heterocycles. The normalized spacial score (nSPS) is 37.8. The molecule has 140 valence electrons. The fourth-order valence-corrected chi connectivity index (χ4v) is 7.23. The SMILES string of the molecule is COc1cccc2c1N(C=O)[C@@H]1CC[C@]3(CCO)CCCN4CC[C@@]21[C@@H]43. The van der Waals surface area contributed by atoms with Crippen molar-refractivity contribution in [2.45, 2.75) is 56.0 Å². The molecule has 5 rings (SSSR count). The molecule has 2 saturated heterocycles. The number of nitrogens with zero attached hydrogens (tertiary/aromatic N) is 2. The number of amides is 1. The third-order valence-corrected chi connectivity index (χ3v) is 7.91. The maximum absolute atomic E-state index is 12.1. The predicted molar refractivity (Wildman–Crippen MR) is 99.6 cm³/mol. The molecule has 1 saturated carbocycles. The molecule has 26 heavy (non-hydrogen) atoms. The molecule has 1 aromatic rings. The average Bonchev–Trinajstić information content (AvgIpc) is 3.20. The lowest BCUT2D eigenvalue weighted by molar-refractivity contribution is -0.109. The van der Waals surface area contributed by atoms with E-state index in [1.807, 2.05) is 11.0 Å². The van der Waals surface area contributed by atoms with Crippen molar-refractivity contribution in [3.05, 3.63) is 23.8 Å². The van der Waals surface area contributed by atoms with Gasteiger partial charge in [-0.3, -0.25) is 9.69 Å². The number of carbonyl (C=O) groups excluding carboxylic acids is 1.